The molecule has 0 unspecified atom stereocenters. The number of aromatic nitrogens is 1. The summed E-state index contributed by atoms with van der Waals surface area (Å²) in [6, 6.07) is 17.9. The summed E-state index contributed by atoms with van der Waals surface area (Å²) < 4.78 is 0. The third kappa shape index (κ3) is 4.00. The minimum atomic E-state index is -0.332. The molecule has 1 heterocycles. The number of nitrogens with one attached hydrogen (secondary N) is 2. The van der Waals surface area contributed by atoms with Crippen LogP contribution in [-0.4, -0.2) is 11.0 Å². The molecule has 2 N–H and O–H groups in total. The van der Waals surface area contributed by atoms with Gasteiger partial charge >= 0.3 is 6.03 Å². The normalized spacial score (nSPS) is 10.0. The second kappa shape index (κ2) is 7.68. The first kappa shape index (κ1) is 17.5. The molecule has 6 heteroatoms. The standard InChI is InChI=1S/C20H15ClN4O/c1-13-3-2-4-16(11-13)25-20(26)24-15-7-5-14(6-8-15)19-17(12-22)18(21)9-10-23-19/h2-11H,1H3,(H2,24,25,26). The van der Waals surface area contributed by atoms with Gasteiger partial charge in [-0.1, -0.05) is 35.9 Å². The van der Waals surface area contributed by atoms with Crippen LogP contribution >= 0.6 is 11.6 Å². The van der Waals surface area contributed by atoms with Gasteiger partial charge in [0.2, 0.25) is 0 Å². The van der Waals surface area contributed by atoms with Crippen molar-refractivity contribution in [2.24, 2.45) is 0 Å². The molecule has 3 rings (SSSR count). The van der Waals surface area contributed by atoms with Crippen molar-refractivity contribution in [1.29, 1.82) is 5.26 Å². The Kier molecular flexibility index (Phi) is 5.16. The van der Waals surface area contributed by atoms with Gasteiger partial charge in [-0.05, 0) is 42.8 Å². The summed E-state index contributed by atoms with van der Waals surface area (Å²) in [6.07, 6.45) is 1.56. The molecule has 0 bridgehead atoms. The van der Waals surface area contributed by atoms with Crippen LogP contribution in [0.5, 0.6) is 0 Å². The molecular formula is C20H15ClN4O. The molecule has 0 aliphatic heterocycles. The number of anilines is 2. The molecule has 0 fully saturated rings. The molecule has 0 aliphatic rings. The number of urea groups is 1. The van der Waals surface area contributed by atoms with E-state index < -0.39 is 0 Å². The molecule has 0 radical (unpaired) electrons. The largest absolute Gasteiger partial charge is 0.323 e. The molecule has 0 saturated heterocycles. The smallest absolute Gasteiger partial charge is 0.308 e. The summed E-state index contributed by atoms with van der Waals surface area (Å²) in [4.78, 5) is 16.3. The molecular weight excluding hydrogens is 348 g/mol. The lowest BCUT2D eigenvalue weighted by Gasteiger charge is -2.09. The molecule has 0 aliphatic carbocycles. The molecule has 128 valence electrons. The van der Waals surface area contributed by atoms with Crippen LogP contribution in [0.15, 0.2) is 60.8 Å². The maximum absolute atomic E-state index is 12.1. The van der Waals surface area contributed by atoms with Crippen LogP contribution in [-0.2, 0) is 0 Å². The van der Waals surface area contributed by atoms with E-state index in [0.29, 0.717) is 22.0 Å². The van der Waals surface area contributed by atoms with E-state index >= 15 is 0 Å². The maximum atomic E-state index is 12.1. The predicted octanol–water partition coefficient (Wildman–Crippen LogP) is 5.23. The monoisotopic (exact) mass is 362 g/mol. The van der Waals surface area contributed by atoms with E-state index in [4.69, 9.17) is 11.6 Å². The molecule has 0 saturated carbocycles. The maximum Gasteiger partial charge on any atom is 0.323 e. The van der Waals surface area contributed by atoms with Crippen molar-refractivity contribution in [2.45, 2.75) is 6.92 Å². The minimum Gasteiger partial charge on any atom is -0.308 e. The molecule has 2 amide bonds. The zero-order valence-electron chi connectivity index (χ0n) is 14.0. The van der Waals surface area contributed by atoms with E-state index in [0.717, 1.165) is 16.8 Å². The quantitative estimate of drug-likeness (QED) is 0.670. The van der Waals surface area contributed by atoms with Crippen molar-refractivity contribution in [2.75, 3.05) is 10.6 Å². The lowest BCUT2D eigenvalue weighted by molar-refractivity contribution is 0.262. The third-order valence-electron chi connectivity index (χ3n) is 3.70. The van der Waals surface area contributed by atoms with Crippen LogP contribution in [0.25, 0.3) is 11.3 Å². The fourth-order valence-electron chi connectivity index (χ4n) is 2.49. The van der Waals surface area contributed by atoms with Gasteiger partial charge in [-0.2, -0.15) is 5.26 Å². The molecule has 26 heavy (non-hydrogen) atoms. The second-order valence-electron chi connectivity index (χ2n) is 5.65. The van der Waals surface area contributed by atoms with Crippen LogP contribution in [0, 0.1) is 18.3 Å². The van der Waals surface area contributed by atoms with Crippen LogP contribution in [0.3, 0.4) is 0 Å². The summed E-state index contributed by atoms with van der Waals surface area (Å²) in [7, 11) is 0. The SMILES string of the molecule is Cc1cccc(NC(=O)Nc2ccc(-c3nccc(Cl)c3C#N)cc2)c1. The third-order valence-corrected chi connectivity index (χ3v) is 4.02. The zero-order chi connectivity index (χ0) is 18.5. The van der Waals surface area contributed by atoms with Gasteiger partial charge in [0.15, 0.2) is 0 Å². The van der Waals surface area contributed by atoms with E-state index in [2.05, 4.69) is 21.7 Å². The van der Waals surface area contributed by atoms with Crippen molar-refractivity contribution in [3.05, 3.63) is 76.9 Å². The number of rotatable bonds is 3. The van der Waals surface area contributed by atoms with Gasteiger partial charge in [0.1, 0.15) is 6.07 Å². The average molecular weight is 363 g/mol. The number of hydrogen-bond donors (Lipinski definition) is 2. The number of benzene rings is 2. The van der Waals surface area contributed by atoms with Gasteiger partial charge in [-0.25, -0.2) is 4.79 Å². The zero-order valence-corrected chi connectivity index (χ0v) is 14.7. The number of hydrogen-bond acceptors (Lipinski definition) is 3. The molecule has 2 aromatic carbocycles. The summed E-state index contributed by atoms with van der Waals surface area (Å²) in [6.45, 7) is 1.96. The van der Waals surface area contributed by atoms with Crippen LogP contribution in [0.4, 0.5) is 16.2 Å². The Hall–Kier alpha value is -3.36. The molecule has 0 spiro atoms. The first-order chi connectivity index (χ1) is 12.6. The summed E-state index contributed by atoms with van der Waals surface area (Å²) in [5.41, 5.74) is 3.99. The number of amides is 2. The number of nitrogens with zero attached hydrogens (tertiary/aromatic N) is 2. The topological polar surface area (TPSA) is 77.8 Å². The minimum absolute atomic E-state index is 0.326. The molecule has 1 aromatic heterocycles. The first-order valence-electron chi connectivity index (χ1n) is 7.86. The Morgan fingerprint density at radius 3 is 2.50 bits per heavy atom. The highest BCUT2D eigenvalue weighted by Gasteiger charge is 2.10. The molecule has 5 nitrogen and oxygen atoms in total. The van der Waals surface area contributed by atoms with E-state index in [-0.39, 0.29) is 6.03 Å². The summed E-state index contributed by atoms with van der Waals surface area (Å²) in [5.74, 6) is 0. The Morgan fingerprint density at radius 1 is 1.08 bits per heavy atom. The van der Waals surface area contributed by atoms with E-state index in [9.17, 15) is 10.1 Å². The number of nitriles is 1. The van der Waals surface area contributed by atoms with Crippen LogP contribution in [0.1, 0.15) is 11.1 Å². The van der Waals surface area contributed by atoms with Gasteiger partial charge in [0, 0.05) is 23.1 Å². The lowest BCUT2D eigenvalue weighted by atomic mass is 10.1. The predicted molar refractivity (Wildman–Crippen MR) is 103 cm³/mol. The fourth-order valence-corrected chi connectivity index (χ4v) is 2.68. The highest BCUT2D eigenvalue weighted by Crippen LogP contribution is 2.27. The number of aryl methyl sites for hydroxylation is 1. The van der Waals surface area contributed by atoms with Crippen molar-refractivity contribution in [1.82, 2.24) is 4.98 Å². The van der Waals surface area contributed by atoms with Crippen molar-refractivity contribution >= 4 is 29.0 Å². The average Bonchev–Trinajstić information content (AvgIpc) is 2.62. The van der Waals surface area contributed by atoms with Gasteiger partial charge in [-0.15, -0.1) is 0 Å². The number of carbonyl (C=O) groups is 1. The van der Waals surface area contributed by atoms with E-state index in [1.165, 1.54) is 0 Å². The highest BCUT2D eigenvalue weighted by atomic mass is 35.5. The molecule has 3 aromatic rings. The first-order valence-corrected chi connectivity index (χ1v) is 8.24. The van der Waals surface area contributed by atoms with Crippen molar-refractivity contribution in [3.63, 3.8) is 0 Å². The fraction of sp³-hybridized carbons (Fsp3) is 0.0500. The Bertz CT molecular complexity index is 993. The Morgan fingerprint density at radius 2 is 1.81 bits per heavy atom. The number of halogens is 1. The lowest BCUT2D eigenvalue weighted by Crippen LogP contribution is -2.19. The van der Waals surface area contributed by atoms with Gasteiger partial charge in [0.05, 0.1) is 16.3 Å². The second-order valence-corrected chi connectivity index (χ2v) is 6.06. The Labute approximate surface area is 156 Å². The Balaban J connectivity index is 1.73. The van der Waals surface area contributed by atoms with Crippen LogP contribution in [0.2, 0.25) is 5.02 Å². The van der Waals surface area contributed by atoms with E-state index in [1.807, 2.05) is 31.2 Å². The van der Waals surface area contributed by atoms with Gasteiger partial charge in [0.25, 0.3) is 0 Å². The number of pyridine rings is 1. The number of carbonyl (C=O) groups excluding carboxylic acids is 1. The summed E-state index contributed by atoms with van der Waals surface area (Å²) in [5, 5.41) is 15.2. The van der Waals surface area contributed by atoms with Crippen molar-refractivity contribution in [3.8, 4) is 17.3 Å². The summed E-state index contributed by atoms with van der Waals surface area (Å²) >= 11 is 6.04. The van der Waals surface area contributed by atoms with Gasteiger partial charge < -0.3 is 10.6 Å². The van der Waals surface area contributed by atoms with Crippen molar-refractivity contribution < 1.29 is 4.79 Å². The highest BCUT2D eigenvalue weighted by molar-refractivity contribution is 6.32. The van der Waals surface area contributed by atoms with Crippen LogP contribution < -0.4 is 10.6 Å². The van der Waals surface area contributed by atoms with Gasteiger partial charge in [-0.3, -0.25) is 4.98 Å². The van der Waals surface area contributed by atoms with E-state index in [1.54, 1.807) is 36.5 Å². The molecule has 0 atom stereocenters.